The zero-order chi connectivity index (χ0) is 12.3. The topological polar surface area (TPSA) is 15.6 Å². The fourth-order valence-electron chi connectivity index (χ4n) is 1.31. The van der Waals surface area contributed by atoms with Crippen molar-refractivity contribution in [3.8, 4) is 0 Å². The van der Waals surface area contributed by atoms with Crippen LogP contribution < -0.4 is 0 Å². The van der Waals surface area contributed by atoms with Gasteiger partial charge in [0.25, 0.3) is 0 Å². The molecule has 0 spiro atoms. The summed E-state index contributed by atoms with van der Waals surface area (Å²) >= 11 is 4.73. The third-order valence-electron chi connectivity index (χ3n) is 2.09. The summed E-state index contributed by atoms with van der Waals surface area (Å²) in [6.45, 7) is 3.16. The van der Waals surface area contributed by atoms with E-state index in [1.807, 2.05) is 0 Å². The van der Waals surface area contributed by atoms with Crippen LogP contribution in [0.25, 0.3) is 0 Å². The zero-order valence-corrected chi connectivity index (χ0v) is 11.5. The molecule has 0 radical (unpaired) electrons. The summed E-state index contributed by atoms with van der Waals surface area (Å²) in [6, 6.07) is -0.193. The predicted octanol–water partition coefficient (Wildman–Crippen LogP) is 3.13. The Balaban J connectivity index is 2.65. The predicted molar refractivity (Wildman–Crippen MR) is 65.4 cm³/mol. The average Bonchev–Trinajstić information content (AvgIpc) is 2.60. The van der Waals surface area contributed by atoms with Crippen molar-refractivity contribution in [1.82, 2.24) is 4.90 Å². The molecule has 94 valence electrons. The maximum Gasteiger partial charge on any atom is 0.406 e. The second-order valence-electron chi connectivity index (χ2n) is 3.85. The average molecular weight is 319 g/mol. The van der Waals surface area contributed by atoms with Gasteiger partial charge in [0, 0.05) is 16.6 Å². The number of nitrogens with zero attached hydrogens (tertiary/aromatic N) is 2. The lowest BCUT2D eigenvalue weighted by Crippen LogP contribution is -2.41. The Labute approximate surface area is 106 Å². The van der Waals surface area contributed by atoms with E-state index in [2.05, 4.69) is 20.9 Å². The Hall–Kier alpha value is 0.0900. The van der Waals surface area contributed by atoms with Crippen molar-refractivity contribution in [1.29, 1.82) is 0 Å². The lowest BCUT2D eigenvalue weighted by atomic mass is 10.3. The van der Waals surface area contributed by atoms with Crippen LogP contribution in [0.2, 0.25) is 0 Å². The van der Waals surface area contributed by atoms with Crippen LogP contribution in [0, 0.1) is 0 Å². The molecule has 0 aromatic rings. The van der Waals surface area contributed by atoms with Crippen molar-refractivity contribution in [3.05, 3.63) is 0 Å². The highest BCUT2D eigenvalue weighted by Gasteiger charge is 2.35. The summed E-state index contributed by atoms with van der Waals surface area (Å²) in [5.41, 5.74) is 0. The molecule has 16 heavy (non-hydrogen) atoms. The molecule has 1 atom stereocenters. The third-order valence-corrected chi connectivity index (χ3v) is 4.53. The van der Waals surface area contributed by atoms with Gasteiger partial charge in [-0.1, -0.05) is 27.7 Å². The maximum absolute atomic E-state index is 12.4. The van der Waals surface area contributed by atoms with Crippen LogP contribution in [-0.2, 0) is 0 Å². The van der Waals surface area contributed by atoms with E-state index < -0.39 is 12.7 Å². The van der Waals surface area contributed by atoms with E-state index in [9.17, 15) is 13.2 Å². The normalized spacial score (nSPS) is 21.4. The number of alkyl halides is 4. The molecule has 0 aromatic heterocycles. The third kappa shape index (κ3) is 4.16. The lowest BCUT2D eigenvalue weighted by molar-refractivity contribution is -0.140. The van der Waals surface area contributed by atoms with E-state index in [0.29, 0.717) is 11.7 Å². The van der Waals surface area contributed by atoms with E-state index in [4.69, 9.17) is 0 Å². The smallest absolute Gasteiger partial charge is 0.340 e. The van der Waals surface area contributed by atoms with E-state index in [-0.39, 0.29) is 11.3 Å². The van der Waals surface area contributed by atoms with Crippen molar-refractivity contribution in [3.63, 3.8) is 0 Å². The Morgan fingerprint density at radius 1 is 1.56 bits per heavy atom. The molecule has 1 heterocycles. The highest BCUT2D eigenvalue weighted by molar-refractivity contribution is 9.09. The Morgan fingerprint density at radius 3 is 2.56 bits per heavy atom. The van der Waals surface area contributed by atoms with Gasteiger partial charge in [0.2, 0.25) is 0 Å². The molecule has 0 bridgehead atoms. The van der Waals surface area contributed by atoms with E-state index in [1.165, 1.54) is 16.7 Å². The van der Waals surface area contributed by atoms with Gasteiger partial charge >= 0.3 is 6.18 Å². The van der Waals surface area contributed by atoms with Crippen LogP contribution in [0.5, 0.6) is 0 Å². The van der Waals surface area contributed by atoms with Crippen LogP contribution >= 0.6 is 27.7 Å². The van der Waals surface area contributed by atoms with Crippen molar-refractivity contribution in [2.24, 2.45) is 4.99 Å². The van der Waals surface area contributed by atoms with Gasteiger partial charge in [-0.2, -0.15) is 13.2 Å². The van der Waals surface area contributed by atoms with Gasteiger partial charge in [0.05, 0.1) is 6.54 Å². The molecule has 1 aliphatic rings. The highest BCUT2D eigenvalue weighted by Crippen LogP contribution is 2.28. The first kappa shape index (κ1) is 14.2. The minimum Gasteiger partial charge on any atom is -0.340 e. The minimum atomic E-state index is -4.18. The number of amidine groups is 1. The fraction of sp³-hybridized carbons (Fsp3) is 0.889. The molecule has 0 amide bonds. The minimum absolute atomic E-state index is 0.193. The van der Waals surface area contributed by atoms with E-state index >= 15 is 0 Å². The second kappa shape index (κ2) is 5.62. The van der Waals surface area contributed by atoms with Gasteiger partial charge in [-0.25, -0.2) is 0 Å². The number of aliphatic imine (C=N–C) groups is 1. The number of rotatable bonds is 3. The van der Waals surface area contributed by atoms with Gasteiger partial charge < -0.3 is 4.90 Å². The molecule has 7 heteroatoms. The monoisotopic (exact) mass is 318 g/mol. The summed E-state index contributed by atoms with van der Waals surface area (Å²) in [5.74, 6) is 0. The fourth-order valence-corrected chi connectivity index (χ4v) is 2.98. The Bertz CT molecular complexity index is 268. The molecule has 1 unspecified atom stereocenters. The van der Waals surface area contributed by atoms with E-state index in [0.717, 1.165) is 5.33 Å². The molecule has 2 nitrogen and oxygen atoms in total. The van der Waals surface area contributed by atoms with Crippen LogP contribution in [0.1, 0.15) is 13.8 Å². The van der Waals surface area contributed by atoms with Gasteiger partial charge in [0.1, 0.15) is 6.54 Å². The number of hydrogen-bond donors (Lipinski definition) is 0. The van der Waals surface area contributed by atoms with Gasteiger partial charge in [0.15, 0.2) is 5.17 Å². The first-order valence-electron chi connectivity index (χ1n) is 4.94. The van der Waals surface area contributed by atoms with Crippen LogP contribution in [-0.4, -0.2) is 46.0 Å². The Morgan fingerprint density at radius 2 is 2.19 bits per heavy atom. The lowest BCUT2D eigenvalue weighted by Gasteiger charge is -2.29. The number of halogens is 4. The van der Waals surface area contributed by atoms with Crippen molar-refractivity contribution in [2.75, 3.05) is 18.4 Å². The van der Waals surface area contributed by atoms with E-state index in [1.54, 1.807) is 13.8 Å². The molecule has 1 rings (SSSR count). The first-order valence-corrected chi connectivity index (χ1v) is 6.94. The van der Waals surface area contributed by atoms with Gasteiger partial charge in [-0.3, -0.25) is 4.99 Å². The molecule has 1 aliphatic heterocycles. The molecule has 0 saturated carbocycles. The summed E-state index contributed by atoms with van der Waals surface area (Å²) in [5, 5.41) is 1.52. The molecule has 0 aliphatic carbocycles. The summed E-state index contributed by atoms with van der Waals surface area (Å²) in [6.07, 6.45) is -4.18. The molecular formula is C9H14BrF3N2S. The van der Waals surface area contributed by atoms with Gasteiger partial charge in [-0.15, -0.1) is 0 Å². The first-order chi connectivity index (χ1) is 7.33. The molecular weight excluding hydrogens is 305 g/mol. The molecule has 0 saturated heterocycles. The van der Waals surface area contributed by atoms with Crippen LogP contribution in [0.15, 0.2) is 4.99 Å². The SMILES string of the molecule is CC(C)N(CC(F)(F)F)C1=NCC(CBr)S1. The Kier molecular flexibility index (Phi) is 4.97. The van der Waals surface area contributed by atoms with Crippen molar-refractivity contribution >= 4 is 32.9 Å². The molecule has 0 fully saturated rings. The zero-order valence-electron chi connectivity index (χ0n) is 9.09. The van der Waals surface area contributed by atoms with Crippen molar-refractivity contribution < 1.29 is 13.2 Å². The van der Waals surface area contributed by atoms with Crippen LogP contribution in [0.3, 0.4) is 0 Å². The largest absolute Gasteiger partial charge is 0.406 e. The van der Waals surface area contributed by atoms with Gasteiger partial charge in [-0.05, 0) is 13.8 Å². The summed E-state index contributed by atoms with van der Waals surface area (Å²) in [7, 11) is 0. The highest BCUT2D eigenvalue weighted by atomic mass is 79.9. The summed E-state index contributed by atoms with van der Waals surface area (Å²) < 4.78 is 37.1. The second-order valence-corrected chi connectivity index (χ2v) is 5.77. The number of hydrogen-bond acceptors (Lipinski definition) is 3. The summed E-state index contributed by atoms with van der Waals surface area (Å²) in [4.78, 5) is 5.48. The quantitative estimate of drug-likeness (QED) is 0.743. The number of thioether (sulfide) groups is 1. The molecule has 0 N–H and O–H groups in total. The standard InChI is InChI=1S/C9H14BrF3N2S/c1-6(2)15(5-9(11,12)13)8-14-4-7(3-10)16-8/h6-7H,3-5H2,1-2H3. The maximum atomic E-state index is 12.4. The molecule has 0 aromatic carbocycles. The van der Waals surface area contributed by atoms with Crippen molar-refractivity contribution in [2.45, 2.75) is 31.3 Å². The van der Waals surface area contributed by atoms with Crippen LogP contribution in [0.4, 0.5) is 13.2 Å².